The Hall–Kier alpha value is -3.56. The highest BCUT2D eigenvalue weighted by molar-refractivity contribution is 8.19. The van der Waals surface area contributed by atoms with Crippen molar-refractivity contribution in [2.75, 3.05) is 13.7 Å². The zero-order chi connectivity index (χ0) is 24.8. The van der Waals surface area contributed by atoms with Gasteiger partial charge in [0.05, 0.1) is 16.9 Å². The molecule has 1 fully saturated rings. The predicted molar refractivity (Wildman–Crippen MR) is 138 cm³/mol. The molecule has 1 saturated heterocycles. The smallest absolute Gasteiger partial charge is 0.284 e. The Morgan fingerprint density at radius 1 is 0.971 bits per heavy atom. The van der Waals surface area contributed by atoms with Crippen LogP contribution < -0.4 is 9.47 Å². The minimum Gasteiger partial charge on any atom is -0.493 e. The Balaban J connectivity index is 1.57. The van der Waals surface area contributed by atoms with E-state index >= 15 is 0 Å². The molecule has 1 heterocycles. The van der Waals surface area contributed by atoms with Crippen molar-refractivity contribution in [3.63, 3.8) is 0 Å². The van der Waals surface area contributed by atoms with Crippen LogP contribution in [0.5, 0.6) is 11.5 Å². The molecule has 0 radical (unpaired) electrons. The van der Waals surface area contributed by atoms with E-state index in [9.17, 15) is 13.2 Å². The van der Waals surface area contributed by atoms with Crippen molar-refractivity contribution in [2.24, 2.45) is 4.40 Å². The summed E-state index contributed by atoms with van der Waals surface area (Å²) in [6.45, 7) is 2.46. The Labute approximate surface area is 209 Å². The Morgan fingerprint density at radius 3 is 2.31 bits per heavy atom. The second-order valence-corrected chi connectivity index (χ2v) is 10.1. The molecule has 35 heavy (non-hydrogen) atoms. The van der Waals surface area contributed by atoms with Crippen LogP contribution in [-0.4, -0.2) is 38.0 Å². The molecule has 7 nitrogen and oxygen atoms in total. The minimum atomic E-state index is -3.94. The number of ether oxygens (including phenoxy) is 2. The first-order chi connectivity index (χ1) is 16.9. The van der Waals surface area contributed by atoms with E-state index in [-0.39, 0.29) is 16.0 Å². The van der Waals surface area contributed by atoms with Crippen LogP contribution in [-0.2, 0) is 21.4 Å². The molecule has 1 aliphatic heterocycles. The summed E-state index contributed by atoms with van der Waals surface area (Å²) in [5.74, 6) is 0.803. The molecule has 9 heteroatoms. The maximum Gasteiger partial charge on any atom is 0.284 e. The molecular weight excluding hydrogens is 484 g/mol. The lowest BCUT2D eigenvalue weighted by molar-refractivity contribution is -0.122. The van der Waals surface area contributed by atoms with Crippen molar-refractivity contribution in [1.82, 2.24) is 4.90 Å². The van der Waals surface area contributed by atoms with Gasteiger partial charge in [-0.25, -0.2) is 0 Å². The highest BCUT2D eigenvalue weighted by Gasteiger charge is 2.34. The number of hydrogen-bond donors (Lipinski definition) is 0. The fourth-order valence-electron chi connectivity index (χ4n) is 3.38. The minimum absolute atomic E-state index is 0.0739. The van der Waals surface area contributed by atoms with E-state index in [1.54, 1.807) is 50.4 Å². The summed E-state index contributed by atoms with van der Waals surface area (Å²) in [4.78, 5) is 14.8. The molecule has 3 aromatic carbocycles. The van der Waals surface area contributed by atoms with Gasteiger partial charge in [0.25, 0.3) is 15.9 Å². The highest BCUT2D eigenvalue weighted by atomic mass is 32.2. The van der Waals surface area contributed by atoms with Crippen molar-refractivity contribution in [3.8, 4) is 11.5 Å². The Bertz CT molecular complexity index is 1370. The lowest BCUT2D eigenvalue weighted by atomic mass is 10.1. The van der Waals surface area contributed by atoms with Gasteiger partial charge in [0, 0.05) is 6.54 Å². The largest absolute Gasteiger partial charge is 0.493 e. The monoisotopic (exact) mass is 508 g/mol. The lowest BCUT2D eigenvalue weighted by Gasteiger charge is -2.12. The number of thioether (sulfide) groups is 1. The van der Waals surface area contributed by atoms with Crippen molar-refractivity contribution in [2.45, 2.75) is 18.4 Å². The molecule has 0 aliphatic carbocycles. The number of rotatable bonds is 8. The third kappa shape index (κ3) is 5.75. The van der Waals surface area contributed by atoms with Crippen LogP contribution >= 0.6 is 11.8 Å². The molecule has 0 atom stereocenters. The molecule has 3 aromatic rings. The highest BCUT2D eigenvalue weighted by Crippen LogP contribution is 2.35. The van der Waals surface area contributed by atoms with Crippen molar-refractivity contribution >= 4 is 38.9 Å². The van der Waals surface area contributed by atoms with E-state index in [0.29, 0.717) is 35.1 Å². The number of carbonyl (C=O) groups is 1. The van der Waals surface area contributed by atoms with E-state index in [2.05, 4.69) is 4.40 Å². The van der Waals surface area contributed by atoms with Gasteiger partial charge in [-0.1, -0.05) is 54.6 Å². The first-order valence-corrected chi connectivity index (χ1v) is 13.1. The third-order valence-electron chi connectivity index (χ3n) is 5.17. The van der Waals surface area contributed by atoms with Crippen LogP contribution in [0.2, 0.25) is 0 Å². The number of nitrogens with zero attached hydrogens (tertiary/aromatic N) is 2. The summed E-state index contributed by atoms with van der Waals surface area (Å²) in [7, 11) is -2.39. The van der Waals surface area contributed by atoms with Gasteiger partial charge in [-0.15, -0.1) is 4.40 Å². The number of likely N-dealkylation sites (N-methyl/N-ethyl adjacent to an activating group) is 1. The van der Waals surface area contributed by atoms with E-state index in [0.717, 1.165) is 17.3 Å². The van der Waals surface area contributed by atoms with Crippen LogP contribution in [0.1, 0.15) is 18.1 Å². The van der Waals surface area contributed by atoms with Gasteiger partial charge in [-0.05, 0) is 60.2 Å². The molecule has 1 amide bonds. The number of sulfonamides is 1. The Morgan fingerprint density at radius 2 is 1.66 bits per heavy atom. The van der Waals surface area contributed by atoms with Crippen molar-refractivity contribution in [3.05, 3.63) is 94.9 Å². The van der Waals surface area contributed by atoms with Crippen molar-refractivity contribution < 1.29 is 22.7 Å². The molecule has 180 valence electrons. The normalized spacial score (nSPS) is 16.2. The van der Waals surface area contributed by atoms with Gasteiger partial charge in [-0.2, -0.15) is 8.42 Å². The van der Waals surface area contributed by atoms with E-state index < -0.39 is 10.0 Å². The molecule has 4 rings (SSSR count). The first kappa shape index (κ1) is 24.6. The average molecular weight is 509 g/mol. The standard InChI is InChI=1S/C26H24N2O5S2/c1-3-28-25(29)24(34-26(28)27-35(30,31)21-12-8-5-9-13-21)17-20-14-15-22(23(16-20)32-2)33-18-19-10-6-4-7-11-19/h4-17H,3,18H2,1-2H3/b24-17-,27-26+. The van der Waals surface area contributed by atoms with Gasteiger partial charge in [0.15, 0.2) is 16.7 Å². The summed E-state index contributed by atoms with van der Waals surface area (Å²) >= 11 is 1.03. The molecule has 0 N–H and O–H groups in total. The topological polar surface area (TPSA) is 85.3 Å². The van der Waals surface area contributed by atoms with Gasteiger partial charge in [-0.3, -0.25) is 9.69 Å². The van der Waals surface area contributed by atoms with E-state index in [1.165, 1.54) is 17.0 Å². The summed E-state index contributed by atoms with van der Waals surface area (Å²) in [5.41, 5.74) is 1.75. The predicted octanol–water partition coefficient (Wildman–Crippen LogP) is 4.96. The average Bonchev–Trinajstić information content (AvgIpc) is 3.16. The zero-order valence-corrected chi connectivity index (χ0v) is 20.9. The maximum absolute atomic E-state index is 13.0. The summed E-state index contributed by atoms with van der Waals surface area (Å²) in [6, 6.07) is 23.1. The number of methoxy groups -OCH3 is 1. The zero-order valence-electron chi connectivity index (χ0n) is 19.2. The van der Waals surface area contributed by atoms with Crippen LogP contribution in [0.3, 0.4) is 0 Å². The van der Waals surface area contributed by atoms with Gasteiger partial charge in [0.1, 0.15) is 6.61 Å². The molecule has 1 aliphatic rings. The number of amides is 1. The molecule has 0 unspecified atom stereocenters. The number of amidine groups is 1. The van der Waals surface area contributed by atoms with Crippen LogP contribution in [0.25, 0.3) is 6.08 Å². The molecule has 0 bridgehead atoms. The first-order valence-electron chi connectivity index (χ1n) is 10.9. The molecule has 0 saturated carbocycles. The SMILES string of the molecule is CCN1C(=O)/C(=C/c2ccc(OCc3ccccc3)c(OC)c2)S/C1=N/S(=O)(=O)c1ccccc1. The van der Waals surface area contributed by atoms with Crippen molar-refractivity contribution in [1.29, 1.82) is 0 Å². The second-order valence-electron chi connectivity index (χ2n) is 7.51. The number of carbonyl (C=O) groups excluding carboxylic acids is 1. The van der Waals surface area contributed by atoms with Gasteiger partial charge < -0.3 is 9.47 Å². The van der Waals surface area contributed by atoms with E-state index in [4.69, 9.17) is 9.47 Å². The van der Waals surface area contributed by atoms with Gasteiger partial charge in [0.2, 0.25) is 0 Å². The third-order valence-corrected chi connectivity index (χ3v) is 7.57. The number of hydrogen-bond acceptors (Lipinski definition) is 6. The Kier molecular flexibility index (Phi) is 7.57. The van der Waals surface area contributed by atoms with E-state index in [1.807, 2.05) is 36.4 Å². The molecular formula is C26H24N2O5S2. The molecule has 0 aromatic heterocycles. The molecule has 0 spiro atoms. The summed E-state index contributed by atoms with van der Waals surface area (Å²) in [5, 5.41) is 0.127. The lowest BCUT2D eigenvalue weighted by Crippen LogP contribution is -2.29. The van der Waals surface area contributed by atoms with Crippen LogP contribution in [0.4, 0.5) is 0 Å². The number of benzene rings is 3. The van der Waals surface area contributed by atoms with Crippen LogP contribution in [0, 0.1) is 0 Å². The fraction of sp³-hybridized carbons (Fsp3) is 0.154. The van der Waals surface area contributed by atoms with Crippen LogP contribution in [0.15, 0.2) is 93.1 Å². The summed E-state index contributed by atoms with van der Waals surface area (Å²) in [6.07, 6.45) is 1.69. The quantitative estimate of drug-likeness (QED) is 0.400. The summed E-state index contributed by atoms with van der Waals surface area (Å²) < 4.78 is 40.8. The van der Waals surface area contributed by atoms with Gasteiger partial charge >= 0.3 is 0 Å². The maximum atomic E-state index is 13.0. The second kappa shape index (κ2) is 10.8. The fourth-order valence-corrected chi connectivity index (χ4v) is 5.65.